The van der Waals surface area contributed by atoms with Crippen molar-refractivity contribution in [3.63, 3.8) is 0 Å². The van der Waals surface area contributed by atoms with Crippen LogP contribution >= 0.6 is 11.3 Å². The van der Waals surface area contributed by atoms with E-state index in [1.807, 2.05) is 48.8 Å². The molecule has 0 fully saturated rings. The number of hydrogen-bond donors (Lipinski definition) is 0. The van der Waals surface area contributed by atoms with Gasteiger partial charge in [-0.1, -0.05) is 103 Å². The van der Waals surface area contributed by atoms with E-state index in [2.05, 4.69) is 138 Å². The van der Waals surface area contributed by atoms with E-state index in [0.717, 1.165) is 33.9 Å². The van der Waals surface area contributed by atoms with E-state index in [4.69, 9.17) is 5.32 Å². The average Bonchev–Trinajstić information content (AvgIpc) is 3.69. The summed E-state index contributed by atoms with van der Waals surface area (Å²) in [7, 11) is -1.23. The molecule has 0 amide bonds. The third-order valence-corrected chi connectivity index (χ3v) is 12.2. The van der Waals surface area contributed by atoms with Gasteiger partial charge in [-0.05, 0) is 50.9 Å². The average molecular weight is 860 g/mol. The summed E-state index contributed by atoms with van der Waals surface area (Å²) < 4.78 is 1.22. The predicted octanol–water partition coefficient (Wildman–Crippen LogP) is 11.2. The molecule has 8 aromatic rings. The molecule has 1 unspecified atom stereocenters. The van der Waals surface area contributed by atoms with Crippen molar-refractivity contribution in [2.45, 2.75) is 32.4 Å². The Morgan fingerprint density at radius 3 is 2.28 bits per heavy atom. The zero-order valence-corrected chi connectivity index (χ0v) is 32.3. The van der Waals surface area contributed by atoms with Crippen LogP contribution in [0.3, 0.4) is 0 Å². The molecule has 0 saturated heterocycles. The van der Waals surface area contributed by atoms with Crippen LogP contribution in [-0.2, 0) is 26.7 Å². The minimum absolute atomic E-state index is 0. The molecule has 0 radical (unpaired) electrons. The van der Waals surface area contributed by atoms with Crippen LogP contribution in [0.2, 0.25) is 19.6 Å². The maximum atomic E-state index is 5.25. The normalized spacial score (nSPS) is 13.7. The van der Waals surface area contributed by atoms with Crippen LogP contribution in [0.1, 0.15) is 17.3 Å². The third-order valence-electron chi connectivity index (χ3n) is 9.02. The van der Waals surface area contributed by atoms with Crippen LogP contribution in [0.5, 0.6) is 0 Å². The molecule has 1 aliphatic rings. The third kappa shape index (κ3) is 6.75. The van der Waals surface area contributed by atoms with E-state index in [0.29, 0.717) is 0 Å². The minimum Gasteiger partial charge on any atom is -0.661 e. The zero-order chi connectivity index (χ0) is 33.4. The van der Waals surface area contributed by atoms with Crippen LogP contribution in [-0.4, -0.2) is 18.0 Å². The van der Waals surface area contributed by atoms with E-state index >= 15 is 0 Å². The molecule has 9 rings (SSSR count). The number of fused-ring (bicyclic) bond motifs is 5. The van der Waals surface area contributed by atoms with Crippen LogP contribution in [0.15, 0.2) is 140 Å². The van der Waals surface area contributed by atoms with Crippen molar-refractivity contribution < 1.29 is 20.1 Å². The van der Waals surface area contributed by atoms with Gasteiger partial charge in [-0.25, -0.2) is 4.98 Å². The molecular weight excluding hydrogens is 825 g/mol. The van der Waals surface area contributed by atoms with Gasteiger partial charge in [0.05, 0.1) is 8.07 Å². The molecule has 0 spiro atoms. The summed E-state index contributed by atoms with van der Waals surface area (Å²) in [6, 6.07) is 51.0. The van der Waals surface area contributed by atoms with Gasteiger partial charge < -0.3 is 15.2 Å². The Balaban J connectivity index is 0.000000196. The number of benzene rings is 5. The zero-order valence-electron chi connectivity index (χ0n) is 28.1. The number of thiophene rings is 1. The smallest absolute Gasteiger partial charge is 0.661 e. The number of aromatic nitrogens is 2. The van der Waals surface area contributed by atoms with Crippen LogP contribution in [0.4, 0.5) is 11.4 Å². The van der Waals surface area contributed by atoms with Gasteiger partial charge in [0.15, 0.2) is 0 Å². The molecule has 1 atom stereocenters. The molecule has 0 aliphatic carbocycles. The first-order valence-corrected chi connectivity index (χ1v) is 20.9. The summed E-state index contributed by atoms with van der Waals surface area (Å²) in [4.78, 5) is 12.6. The van der Waals surface area contributed by atoms with Crippen molar-refractivity contribution in [2.24, 2.45) is 0 Å². The first-order chi connectivity index (χ1) is 23.9. The molecular formula is C43H35IrN4SSi. The van der Waals surface area contributed by atoms with Gasteiger partial charge in [0.25, 0.3) is 0 Å². The summed E-state index contributed by atoms with van der Waals surface area (Å²) in [5.74, 6) is 0. The summed E-state index contributed by atoms with van der Waals surface area (Å²) in [5, 5.41) is 11.5. The fourth-order valence-corrected chi connectivity index (χ4v) is 8.59. The molecule has 0 saturated carbocycles. The quantitative estimate of drug-likeness (QED) is 0.128. The second-order valence-corrected chi connectivity index (χ2v) is 19.4. The standard InChI is InChI=1S/C29H19N3S.C14H16NSi.Ir/c1-2-8-19(9-3-1)18-32-26-17-21-11-5-4-10-20(21)16-25(26)31-28(32)24-13-6-12-22-23-14-7-15-30-29(23)33-27(22)24;1-16(2,3)13-9-10-14(15-11-13)12-7-5-4-6-8-12;/h1-12,14-17,28H,18H2;4-7,9-11H,1-3H3;/q-2;-1;+3. The van der Waals surface area contributed by atoms with Gasteiger partial charge in [0.1, 0.15) is 4.83 Å². The Hall–Kier alpha value is -4.65. The van der Waals surface area contributed by atoms with Gasteiger partial charge in [-0.3, -0.25) is 0 Å². The van der Waals surface area contributed by atoms with E-state index in [1.165, 1.54) is 42.7 Å². The fourth-order valence-electron chi connectivity index (χ4n) is 6.39. The summed E-state index contributed by atoms with van der Waals surface area (Å²) in [6.45, 7) is 7.78. The maximum Gasteiger partial charge on any atom is 3.00 e. The first-order valence-electron chi connectivity index (χ1n) is 16.6. The molecule has 50 heavy (non-hydrogen) atoms. The number of nitrogens with zero attached hydrogens (tertiary/aromatic N) is 4. The molecule has 1 aliphatic heterocycles. The van der Waals surface area contributed by atoms with Crippen molar-refractivity contribution >= 4 is 67.0 Å². The predicted molar refractivity (Wildman–Crippen MR) is 210 cm³/mol. The molecule has 0 bridgehead atoms. The summed E-state index contributed by atoms with van der Waals surface area (Å²) in [5.41, 5.74) is 6.66. The topological polar surface area (TPSA) is 43.1 Å². The second-order valence-electron chi connectivity index (χ2n) is 13.4. The molecule has 4 nitrogen and oxygen atoms in total. The van der Waals surface area contributed by atoms with Crippen molar-refractivity contribution in [2.75, 3.05) is 4.90 Å². The Labute approximate surface area is 312 Å². The SMILES string of the molecule is C[Si](C)(C)c1ccc(-c2[c-]cccc2)nc1.[Ir+3].[c-]1ccc2c(sc3ncccc32)c1C1[N-]c2cc3ccccc3cc2N1Cc1ccccc1. The van der Waals surface area contributed by atoms with Gasteiger partial charge in [0.2, 0.25) is 0 Å². The Kier molecular flexibility index (Phi) is 9.67. The van der Waals surface area contributed by atoms with Crippen molar-refractivity contribution in [3.8, 4) is 11.3 Å². The number of pyridine rings is 2. The van der Waals surface area contributed by atoms with Crippen molar-refractivity contribution in [1.29, 1.82) is 0 Å². The molecule has 4 heterocycles. The largest absolute Gasteiger partial charge is 3.00 e. The molecule has 3 aromatic heterocycles. The van der Waals surface area contributed by atoms with Gasteiger partial charge in [0, 0.05) is 24.6 Å². The van der Waals surface area contributed by atoms with Gasteiger partial charge in [-0.2, -0.15) is 29.5 Å². The Bertz CT molecular complexity index is 2390. The summed E-state index contributed by atoms with van der Waals surface area (Å²) >= 11 is 1.74. The fraction of sp³-hybridized carbons (Fsp3) is 0.116. The number of hydrogen-bond acceptors (Lipinski definition) is 4. The van der Waals surface area contributed by atoms with E-state index in [-0.39, 0.29) is 26.3 Å². The van der Waals surface area contributed by atoms with Gasteiger partial charge >= 0.3 is 20.1 Å². The van der Waals surface area contributed by atoms with Crippen LogP contribution in [0.25, 0.3) is 47.6 Å². The van der Waals surface area contributed by atoms with Crippen LogP contribution < -0.4 is 10.1 Å². The van der Waals surface area contributed by atoms with Crippen molar-refractivity contribution in [1.82, 2.24) is 9.97 Å². The van der Waals surface area contributed by atoms with E-state index in [1.54, 1.807) is 11.3 Å². The molecule has 246 valence electrons. The number of anilines is 1. The van der Waals surface area contributed by atoms with Crippen LogP contribution in [0, 0.1) is 12.1 Å². The second kappa shape index (κ2) is 14.3. The van der Waals surface area contributed by atoms with Crippen molar-refractivity contribution in [3.05, 3.63) is 168 Å². The molecule has 7 heteroatoms. The van der Waals surface area contributed by atoms with E-state index < -0.39 is 8.07 Å². The minimum atomic E-state index is -1.23. The summed E-state index contributed by atoms with van der Waals surface area (Å²) in [6.07, 6.45) is 3.75. The van der Waals surface area contributed by atoms with E-state index in [9.17, 15) is 0 Å². The monoisotopic (exact) mass is 860 g/mol. The maximum absolute atomic E-state index is 5.25. The molecule has 0 N–H and O–H groups in total. The van der Waals surface area contributed by atoms with Gasteiger partial charge in [-0.15, -0.1) is 52.5 Å². The first kappa shape index (κ1) is 33.8. The Morgan fingerprint density at radius 2 is 1.54 bits per heavy atom. The molecule has 5 aromatic carbocycles. The Morgan fingerprint density at radius 1 is 0.760 bits per heavy atom. The number of rotatable bonds is 5.